The summed E-state index contributed by atoms with van der Waals surface area (Å²) < 4.78 is 0. The predicted octanol–water partition coefficient (Wildman–Crippen LogP) is 0.543. The van der Waals surface area contributed by atoms with Crippen LogP contribution in [0.15, 0.2) is 24.5 Å². The van der Waals surface area contributed by atoms with E-state index < -0.39 is 6.04 Å². The second-order valence-electron chi connectivity index (χ2n) is 5.54. The van der Waals surface area contributed by atoms with Crippen molar-refractivity contribution in [1.29, 1.82) is 0 Å². The van der Waals surface area contributed by atoms with E-state index in [1.54, 1.807) is 12.4 Å². The fourth-order valence-electron chi connectivity index (χ4n) is 2.37. The lowest BCUT2D eigenvalue weighted by atomic mass is 9.97. The molecule has 19 heavy (non-hydrogen) atoms. The maximum atomic E-state index is 12.5. The SMILES string of the molecule is CC1(C)CCNC(CO)C(=O)N1Cc1cccnc1. The second-order valence-corrected chi connectivity index (χ2v) is 5.54. The van der Waals surface area contributed by atoms with E-state index >= 15 is 0 Å². The molecular formula is C14H21N3O2. The normalized spacial score (nSPS) is 23.2. The summed E-state index contributed by atoms with van der Waals surface area (Å²) >= 11 is 0. The van der Waals surface area contributed by atoms with Crippen molar-refractivity contribution < 1.29 is 9.90 Å². The minimum absolute atomic E-state index is 0.0474. The number of rotatable bonds is 3. The Morgan fingerprint density at radius 2 is 2.37 bits per heavy atom. The lowest BCUT2D eigenvalue weighted by Crippen LogP contribution is -2.51. The Bertz CT molecular complexity index is 434. The topological polar surface area (TPSA) is 65.5 Å². The van der Waals surface area contributed by atoms with E-state index in [4.69, 9.17) is 0 Å². The predicted molar refractivity (Wildman–Crippen MR) is 72.4 cm³/mol. The number of nitrogens with one attached hydrogen (secondary N) is 1. The second kappa shape index (κ2) is 5.67. The number of hydrogen-bond donors (Lipinski definition) is 2. The summed E-state index contributed by atoms with van der Waals surface area (Å²) in [5, 5.41) is 12.4. The number of aromatic nitrogens is 1. The largest absolute Gasteiger partial charge is 0.394 e. The molecule has 1 aromatic heterocycles. The molecule has 1 aliphatic heterocycles. The third-order valence-corrected chi connectivity index (χ3v) is 3.67. The van der Waals surface area contributed by atoms with Gasteiger partial charge in [0.2, 0.25) is 5.91 Å². The van der Waals surface area contributed by atoms with Crippen LogP contribution in [0.5, 0.6) is 0 Å². The molecule has 0 aliphatic carbocycles. The van der Waals surface area contributed by atoms with Crippen molar-refractivity contribution in [1.82, 2.24) is 15.2 Å². The molecular weight excluding hydrogens is 242 g/mol. The summed E-state index contributed by atoms with van der Waals surface area (Å²) in [6.07, 6.45) is 4.35. The zero-order valence-electron chi connectivity index (χ0n) is 11.5. The van der Waals surface area contributed by atoms with Gasteiger partial charge in [-0.1, -0.05) is 6.07 Å². The molecule has 1 atom stereocenters. The van der Waals surface area contributed by atoms with Crippen LogP contribution >= 0.6 is 0 Å². The summed E-state index contributed by atoms with van der Waals surface area (Å²) in [6.45, 7) is 5.20. The number of pyridine rings is 1. The molecule has 1 unspecified atom stereocenters. The van der Waals surface area contributed by atoms with Crippen LogP contribution in [0.2, 0.25) is 0 Å². The van der Waals surface area contributed by atoms with Gasteiger partial charge in [-0.15, -0.1) is 0 Å². The minimum Gasteiger partial charge on any atom is -0.394 e. The van der Waals surface area contributed by atoms with Crippen LogP contribution in [0, 0.1) is 0 Å². The number of nitrogens with zero attached hydrogens (tertiary/aromatic N) is 2. The first kappa shape index (κ1) is 14.0. The molecule has 0 aromatic carbocycles. The molecule has 2 N–H and O–H groups in total. The van der Waals surface area contributed by atoms with Gasteiger partial charge in [-0.25, -0.2) is 0 Å². The number of aliphatic hydroxyl groups is 1. The Kier molecular flexibility index (Phi) is 4.17. The molecule has 104 valence electrons. The highest BCUT2D eigenvalue weighted by molar-refractivity contribution is 5.83. The van der Waals surface area contributed by atoms with Crippen LogP contribution in [0.25, 0.3) is 0 Å². The van der Waals surface area contributed by atoms with Gasteiger partial charge in [0.05, 0.1) is 6.61 Å². The smallest absolute Gasteiger partial charge is 0.242 e. The average molecular weight is 263 g/mol. The number of carbonyl (C=O) groups is 1. The molecule has 2 rings (SSSR count). The molecule has 2 heterocycles. The minimum atomic E-state index is -0.501. The third kappa shape index (κ3) is 3.11. The first-order chi connectivity index (χ1) is 9.04. The molecule has 0 radical (unpaired) electrons. The van der Waals surface area contributed by atoms with Crippen LogP contribution in [0.3, 0.4) is 0 Å². The fraction of sp³-hybridized carbons (Fsp3) is 0.571. The Morgan fingerprint density at radius 1 is 1.58 bits per heavy atom. The Labute approximate surface area is 113 Å². The van der Waals surface area contributed by atoms with Crippen LogP contribution in [0.1, 0.15) is 25.8 Å². The van der Waals surface area contributed by atoms with Gasteiger partial charge in [-0.05, 0) is 38.4 Å². The van der Waals surface area contributed by atoms with E-state index in [1.807, 2.05) is 17.0 Å². The van der Waals surface area contributed by atoms with E-state index in [9.17, 15) is 9.90 Å². The maximum absolute atomic E-state index is 12.5. The monoisotopic (exact) mass is 263 g/mol. The third-order valence-electron chi connectivity index (χ3n) is 3.67. The first-order valence-corrected chi connectivity index (χ1v) is 6.59. The van der Waals surface area contributed by atoms with E-state index in [-0.39, 0.29) is 18.1 Å². The van der Waals surface area contributed by atoms with Crippen molar-refractivity contribution in [2.75, 3.05) is 13.2 Å². The van der Waals surface area contributed by atoms with Crippen molar-refractivity contribution in [3.05, 3.63) is 30.1 Å². The number of carbonyl (C=O) groups excluding carboxylic acids is 1. The molecule has 1 fully saturated rings. The number of amides is 1. The molecule has 5 heteroatoms. The van der Waals surface area contributed by atoms with Gasteiger partial charge >= 0.3 is 0 Å². The van der Waals surface area contributed by atoms with Crippen molar-refractivity contribution in [3.8, 4) is 0 Å². The highest BCUT2D eigenvalue weighted by Crippen LogP contribution is 2.24. The Hall–Kier alpha value is -1.46. The molecule has 1 aromatic rings. The highest BCUT2D eigenvalue weighted by Gasteiger charge is 2.37. The lowest BCUT2D eigenvalue weighted by Gasteiger charge is -2.37. The van der Waals surface area contributed by atoms with E-state index in [0.29, 0.717) is 6.54 Å². The molecule has 0 saturated carbocycles. The highest BCUT2D eigenvalue weighted by atomic mass is 16.3. The quantitative estimate of drug-likeness (QED) is 0.835. The molecule has 1 aliphatic rings. The van der Waals surface area contributed by atoms with Gasteiger partial charge in [0.25, 0.3) is 0 Å². The van der Waals surface area contributed by atoms with Gasteiger partial charge < -0.3 is 15.3 Å². The van der Waals surface area contributed by atoms with E-state index in [0.717, 1.165) is 18.5 Å². The van der Waals surface area contributed by atoms with Crippen LogP contribution in [-0.2, 0) is 11.3 Å². The van der Waals surface area contributed by atoms with E-state index in [2.05, 4.69) is 24.1 Å². The van der Waals surface area contributed by atoms with Crippen LogP contribution in [-0.4, -0.2) is 45.6 Å². The molecule has 1 amide bonds. The summed E-state index contributed by atoms with van der Waals surface area (Å²) in [4.78, 5) is 18.4. The standard InChI is InChI=1S/C14H21N3O2/c1-14(2)5-7-16-12(10-18)13(19)17(14)9-11-4-3-6-15-8-11/h3-4,6,8,12,16,18H,5,7,9-10H2,1-2H3. The summed E-state index contributed by atoms with van der Waals surface area (Å²) in [5.74, 6) is -0.0474. The van der Waals surface area contributed by atoms with Gasteiger partial charge in [-0.3, -0.25) is 9.78 Å². The first-order valence-electron chi connectivity index (χ1n) is 6.59. The van der Waals surface area contributed by atoms with E-state index in [1.165, 1.54) is 0 Å². The fourth-order valence-corrected chi connectivity index (χ4v) is 2.37. The lowest BCUT2D eigenvalue weighted by molar-refractivity contribution is -0.139. The number of hydrogen-bond acceptors (Lipinski definition) is 4. The van der Waals surface area contributed by atoms with Crippen LogP contribution in [0.4, 0.5) is 0 Å². The molecule has 5 nitrogen and oxygen atoms in total. The van der Waals surface area contributed by atoms with Gasteiger partial charge in [0.1, 0.15) is 6.04 Å². The maximum Gasteiger partial charge on any atom is 0.242 e. The zero-order chi connectivity index (χ0) is 13.9. The van der Waals surface area contributed by atoms with Crippen LogP contribution < -0.4 is 5.32 Å². The Morgan fingerprint density at radius 3 is 3.00 bits per heavy atom. The van der Waals surface area contributed by atoms with Crippen molar-refractivity contribution in [2.45, 2.75) is 38.4 Å². The van der Waals surface area contributed by atoms with Gasteiger partial charge in [0.15, 0.2) is 0 Å². The molecule has 0 bridgehead atoms. The summed E-state index contributed by atoms with van der Waals surface area (Å²) in [5.41, 5.74) is 0.770. The van der Waals surface area contributed by atoms with Crippen molar-refractivity contribution in [2.24, 2.45) is 0 Å². The average Bonchev–Trinajstić information content (AvgIpc) is 2.50. The molecule has 1 saturated heterocycles. The summed E-state index contributed by atoms with van der Waals surface area (Å²) in [6, 6.07) is 3.33. The summed E-state index contributed by atoms with van der Waals surface area (Å²) in [7, 11) is 0. The zero-order valence-corrected chi connectivity index (χ0v) is 11.5. The Balaban J connectivity index is 2.24. The molecule has 0 spiro atoms. The van der Waals surface area contributed by atoms with Crippen molar-refractivity contribution in [3.63, 3.8) is 0 Å². The van der Waals surface area contributed by atoms with Gasteiger partial charge in [-0.2, -0.15) is 0 Å². The van der Waals surface area contributed by atoms with Gasteiger partial charge in [0, 0.05) is 24.5 Å². The number of aliphatic hydroxyl groups excluding tert-OH is 1. The van der Waals surface area contributed by atoms with Crippen molar-refractivity contribution >= 4 is 5.91 Å².